The van der Waals surface area contributed by atoms with Crippen molar-refractivity contribution in [2.24, 2.45) is 0 Å². The molecule has 10 heavy (non-hydrogen) atoms. The van der Waals surface area contributed by atoms with Crippen LogP contribution in [-0.4, -0.2) is 22.7 Å². The van der Waals surface area contributed by atoms with Gasteiger partial charge >= 0.3 is 0 Å². The van der Waals surface area contributed by atoms with Crippen LogP contribution < -0.4 is 0 Å². The molecule has 0 bridgehead atoms. The van der Waals surface area contributed by atoms with E-state index >= 15 is 0 Å². The Hall–Kier alpha value is 0.440. The molecule has 60 valence electrons. The molecule has 2 heteroatoms. The van der Waals surface area contributed by atoms with E-state index in [4.69, 9.17) is 0 Å². The second-order valence-electron chi connectivity index (χ2n) is 2.72. The zero-order chi connectivity index (χ0) is 7.56. The Kier molecular flexibility index (Phi) is 3.18. The molecular formula is C8H16S2. The summed E-state index contributed by atoms with van der Waals surface area (Å²) < 4.78 is 0. The van der Waals surface area contributed by atoms with Gasteiger partial charge < -0.3 is 0 Å². The summed E-state index contributed by atoms with van der Waals surface area (Å²) in [5.41, 5.74) is 0. The van der Waals surface area contributed by atoms with E-state index in [0.717, 1.165) is 5.25 Å². The van der Waals surface area contributed by atoms with Crippen molar-refractivity contribution in [3.63, 3.8) is 0 Å². The normalized spacial score (nSPS) is 40.3. The average Bonchev–Trinajstić information content (AvgIpc) is 2.20. The summed E-state index contributed by atoms with van der Waals surface area (Å²) in [5, 5.41) is 0.922. The Bertz CT molecular complexity index is 161. The molecule has 1 aliphatic heterocycles. The Labute approximate surface area is 68.3 Å². The summed E-state index contributed by atoms with van der Waals surface area (Å²) in [6.45, 7) is 2.26. The van der Waals surface area contributed by atoms with E-state index in [1.54, 1.807) is 0 Å². The molecule has 3 atom stereocenters. The van der Waals surface area contributed by atoms with Crippen molar-refractivity contribution in [1.29, 1.82) is 0 Å². The van der Waals surface area contributed by atoms with Gasteiger partial charge in [-0.25, -0.2) is 0 Å². The van der Waals surface area contributed by atoms with Gasteiger partial charge in [-0.15, -0.1) is 19.0 Å². The average molecular weight is 176 g/mol. The smallest absolute Gasteiger partial charge is 0.00903 e. The third-order valence-electron chi connectivity index (χ3n) is 1.95. The van der Waals surface area contributed by atoms with Gasteiger partial charge in [0, 0.05) is 5.25 Å². The maximum atomic E-state index is 4.20. The molecule has 1 aliphatic rings. The van der Waals surface area contributed by atoms with Crippen LogP contribution in [0.25, 0.3) is 0 Å². The zero-order valence-electron chi connectivity index (χ0n) is 6.64. The molecule has 0 aromatic carbocycles. The predicted molar refractivity (Wildman–Crippen MR) is 57.6 cm³/mol. The first kappa shape index (κ1) is 8.54. The van der Waals surface area contributed by atoms with Crippen LogP contribution in [0.3, 0.4) is 0 Å². The minimum Gasteiger partial charge on any atom is -0.142 e. The minimum atomic E-state index is 0.411. The Balaban J connectivity index is 2.49. The third-order valence-corrected chi connectivity index (χ3v) is 7.60. The Morgan fingerprint density at radius 3 is 2.60 bits per heavy atom. The van der Waals surface area contributed by atoms with E-state index in [0.29, 0.717) is 19.0 Å². The standard InChI is InChI=1S/C8H16S2/c1-4-5-8-6-7-9(2)10(8)3/h8H,2-7H2,1H3. The summed E-state index contributed by atoms with van der Waals surface area (Å²) in [4.78, 5) is 0. The van der Waals surface area contributed by atoms with Crippen molar-refractivity contribution >= 4 is 30.8 Å². The molecule has 0 nitrogen and oxygen atoms in total. The van der Waals surface area contributed by atoms with E-state index in [1.165, 1.54) is 25.0 Å². The molecule has 0 N–H and O–H groups in total. The predicted octanol–water partition coefficient (Wildman–Crippen LogP) is 2.88. The van der Waals surface area contributed by atoms with Crippen molar-refractivity contribution in [1.82, 2.24) is 0 Å². The highest BCUT2D eigenvalue weighted by Gasteiger charge is 2.18. The molecule has 1 rings (SSSR count). The van der Waals surface area contributed by atoms with E-state index < -0.39 is 0 Å². The number of hydrogen-bond acceptors (Lipinski definition) is 0. The quantitative estimate of drug-likeness (QED) is 0.448. The highest BCUT2D eigenvalue weighted by molar-refractivity contribution is 8.89. The lowest BCUT2D eigenvalue weighted by atomic mass is 10.2. The number of rotatable bonds is 2. The van der Waals surface area contributed by atoms with Crippen LogP contribution in [0.15, 0.2) is 0 Å². The van der Waals surface area contributed by atoms with Crippen molar-refractivity contribution in [3.05, 3.63) is 0 Å². The molecule has 0 radical (unpaired) electrons. The first-order chi connectivity index (χ1) is 4.75. The Morgan fingerprint density at radius 1 is 1.50 bits per heavy atom. The van der Waals surface area contributed by atoms with Crippen LogP contribution in [0.5, 0.6) is 0 Å². The highest BCUT2D eigenvalue weighted by Crippen LogP contribution is 2.49. The molecule has 0 aromatic rings. The molecule has 3 unspecified atom stereocenters. The molecule has 0 spiro atoms. The maximum Gasteiger partial charge on any atom is 0.00903 e. The van der Waals surface area contributed by atoms with Gasteiger partial charge in [0.2, 0.25) is 0 Å². The first-order valence-corrected chi connectivity index (χ1v) is 7.33. The van der Waals surface area contributed by atoms with Crippen LogP contribution in [-0.2, 0) is 0 Å². The summed E-state index contributed by atoms with van der Waals surface area (Å²) in [6.07, 6.45) is 4.10. The first-order valence-electron chi connectivity index (χ1n) is 3.79. The fraction of sp³-hybridized carbons (Fsp3) is 0.750. The van der Waals surface area contributed by atoms with E-state index in [1.807, 2.05) is 0 Å². The lowest BCUT2D eigenvalue weighted by molar-refractivity contribution is 0.732. The van der Waals surface area contributed by atoms with Crippen LogP contribution in [0, 0.1) is 0 Å². The molecule has 0 aliphatic carbocycles. The molecule has 0 aromatic heterocycles. The fourth-order valence-corrected chi connectivity index (χ4v) is 6.13. The van der Waals surface area contributed by atoms with Crippen molar-refractivity contribution in [2.45, 2.75) is 31.4 Å². The van der Waals surface area contributed by atoms with Gasteiger partial charge in [0.1, 0.15) is 0 Å². The molecular weight excluding hydrogens is 160 g/mol. The molecule has 0 amide bonds. The van der Waals surface area contributed by atoms with Gasteiger partial charge in [-0.05, 0) is 18.6 Å². The molecule has 1 saturated heterocycles. The Morgan fingerprint density at radius 2 is 2.20 bits per heavy atom. The van der Waals surface area contributed by atoms with E-state index in [9.17, 15) is 0 Å². The summed E-state index contributed by atoms with van der Waals surface area (Å²) >= 11 is 0. The van der Waals surface area contributed by atoms with E-state index in [-0.39, 0.29) is 0 Å². The van der Waals surface area contributed by atoms with Gasteiger partial charge in [0.05, 0.1) is 0 Å². The van der Waals surface area contributed by atoms with Crippen LogP contribution in [0.4, 0.5) is 0 Å². The molecule has 1 heterocycles. The second-order valence-corrected chi connectivity index (χ2v) is 8.14. The summed E-state index contributed by atoms with van der Waals surface area (Å²) in [6, 6.07) is 0. The maximum absolute atomic E-state index is 4.20. The molecule has 1 fully saturated rings. The van der Waals surface area contributed by atoms with Crippen LogP contribution >= 0.6 is 19.0 Å². The van der Waals surface area contributed by atoms with Gasteiger partial charge in [0.25, 0.3) is 0 Å². The zero-order valence-corrected chi connectivity index (χ0v) is 8.27. The topological polar surface area (TPSA) is 0 Å². The van der Waals surface area contributed by atoms with Gasteiger partial charge in [0.15, 0.2) is 0 Å². The van der Waals surface area contributed by atoms with Crippen molar-refractivity contribution in [3.8, 4) is 0 Å². The van der Waals surface area contributed by atoms with Crippen molar-refractivity contribution < 1.29 is 0 Å². The molecule has 0 saturated carbocycles. The number of hydrogen-bond donors (Lipinski definition) is 0. The minimum absolute atomic E-state index is 0.411. The third kappa shape index (κ3) is 1.73. The monoisotopic (exact) mass is 176 g/mol. The van der Waals surface area contributed by atoms with Gasteiger partial charge in [-0.3, -0.25) is 0 Å². The van der Waals surface area contributed by atoms with Gasteiger partial charge in [-0.2, -0.15) is 0 Å². The summed E-state index contributed by atoms with van der Waals surface area (Å²) in [7, 11) is 0.829. The highest BCUT2D eigenvalue weighted by atomic mass is 33.1. The van der Waals surface area contributed by atoms with Crippen molar-refractivity contribution in [2.75, 3.05) is 5.75 Å². The second kappa shape index (κ2) is 3.72. The van der Waals surface area contributed by atoms with Crippen LogP contribution in [0.2, 0.25) is 0 Å². The lowest BCUT2D eigenvalue weighted by Gasteiger charge is -2.09. The SMILES string of the molecule is C=S1CCC(CCC)S1=C. The largest absolute Gasteiger partial charge is 0.142 e. The lowest BCUT2D eigenvalue weighted by Crippen LogP contribution is -1.96. The van der Waals surface area contributed by atoms with Gasteiger partial charge in [-0.1, -0.05) is 25.1 Å². The van der Waals surface area contributed by atoms with E-state index in [2.05, 4.69) is 18.7 Å². The summed E-state index contributed by atoms with van der Waals surface area (Å²) in [5.74, 6) is 9.67. The van der Waals surface area contributed by atoms with Crippen LogP contribution in [0.1, 0.15) is 26.2 Å². The fourth-order valence-electron chi connectivity index (χ4n) is 1.29.